The number of nitrogens with two attached hydrogens (primary N) is 1. The van der Waals surface area contributed by atoms with Crippen molar-refractivity contribution in [3.05, 3.63) is 39.4 Å². The molecule has 0 saturated heterocycles. The summed E-state index contributed by atoms with van der Waals surface area (Å²) in [4.78, 5) is 22.6. The second-order valence-corrected chi connectivity index (χ2v) is 4.90. The minimum absolute atomic E-state index is 0. The number of nitro benzene ring substituents is 1. The SMILES string of the molecule is CCC(CC)(CN)NC(=O)c1cc([N+](=O)[O-])ccc1C.Cl. The van der Waals surface area contributed by atoms with Gasteiger partial charge in [0.25, 0.3) is 11.6 Å². The monoisotopic (exact) mass is 315 g/mol. The lowest BCUT2D eigenvalue weighted by atomic mass is 9.92. The number of aryl methyl sites for hydroxylation is 1. The summed E-state index contributed by atoms with van der Waals surface area (Å²) in [7, 11) is 0. The Morgan fingerprint density at radius 2 is 1.95 bits per heavy atom. The molecule has 0 spiro atoms. The van der Waals surface area contributed by atoms with Crippen LogP contribution in [0.5, 0.6) is 0 Å². The van der Waals surface area contributed by atoms with Gasteiger partial charge in [-0.15, -0.1) is 12.4 Å². The average Bonchev–Trinajstić information content (AvgIpc) is 2.45. The quantitative estimate of drug-likeness (QED) is 0.622. The maximum absolute atomic E-state index is 12.3. The fourth-order valence-corrected chi connectivity index (χ4v) is 2.04. The molecule has 6 nitrogen and oxygen atoms in total. The zero-order valence-corrected chi connectivity index (χ0v) is 13.3. The van der Waals surface area contributed by atoms with Gasteiger partial charge in [0.1, 0.15) is 0 Å². The lowest BCUT2D eigenvalue weighted by Crippen LogP contribution is -2.53. The first-order chi connectivity index (χ1) is 9.39. The highest BCUT2D eigenvalue weighted by Crippen LogP contribution is 2.20. The second-order valence-electron chi connectivity index (χ2n) is 4.90. The number of rotatable bonds is 6. The van der Waals surface area contributed by atoms with E-state index in [1.807, 2.05) is 13.8 Å². The van der Waals surface area contributed by atoms with Crippen LogP contribution in [0, 0.1) is 17.0 Å². The number of amides is 1. The van der Waals surface area contributed by atoms with Gasteiger partial charge in [-0.1, -0.05) is 19.9 Å². The highest BCUT2D eigenvalue weighted by Gasteiger charge is 2.27. The molecule has 118 valence electrons. The van der Waals surface area contributed by atoms with E-state index < -0.39 is 10.5 Å². The maximum Gasteiger partial charge on any atom is 0.270 e. The van der Waals surface area contributed by atoms with Crippen LogP contribution in [0.25, 0.3) is 0 Å². The summed E-state index contributed by atoms with van der Waals surface area (Å²) in [5.74, 6) is -0.319. The van der Waals surface area contributed by atoms with Crippen molar-refractivity contribution in [3.63, 3.8) is 0 Å². The van der Waals surface area contributed by atoms with Crippen LogP contribution in [0.15, 0.2) is 18.2 Å². The van der Waals surface area contributed by atoms with Crippen molar-refractivity contribution in [2.75, 3.05) is 6.54 Å². The van der Waals surface area contributed by atoms with Crippen molar-refractivity contribution in [1.82, 2.24) is 5.32 Å². The van der Waals surface area contributed by atoms with Gasteiger partial charge in [0.2, 0.25) is 0 Å². The van der Waals surface area contributed by atoms with Crippen LogP contribution in [0.3, 0.4) is 0 Å². The summed E-state index contributed by atoms with van der Waals surface area (Å²) in [6.07, 6.45) is 1.42. The molecule has 0 heterocycles. The van der Waals surface area contributed by atoms with Gasteiger partial charge in [-0.25, -0.2) is 0 Å². The van der Waals surface area contributed by atoms with E-state index in [1.54, 1.807) is 13.0 Å². The lowest BCUT2D eigenvalue weighted by Gasteiger charge is -2.31. The molecule has 21 heavy (non-hydrogen) atoms. The van der Waals surface area contributed by atoms with Crippen LogP contribution < -0.4 is 11.1 Å². The Bertz CT molecular complexity index is 508. The summed E-state index contributed by atoms with van der Waals surface area (Å²) in [5.41, 5.74) is 6.21. The highest BCUT2D eigenvalue weighted by molar-refractivity contribution is 5.96. The summed E-state index contributed by atoms with van der Waals surface area (Å²) < 4.78 is 0. The number of nitro groups is 1. The molecular weight excluding hydrogens is 294 g/mol. The van der Waals surface area contributed by atoms with Crippen LogP contribution in [0.1, 0.15) is 42.6 Å². The number of carbonyl (C=O) groups excluding carboxylic acids is 1. The van der Waals surface area contributed by atoms with Gasteiger partial charge in [-0.3, -0.25) is 14.9 Å². The summed E-state index contributed by atoms with van der Waals surface area (Å²) in [6.45, 7) is 5.99. The third kappa shape index (κ3) is 4.41. The van der Waals surface area contributed by atoms with Crippen LogP contribution in [0.4, 0.5) is 5.69 Å². The van der Waals surface area contributed by atoms with Gasteiger partial charge >= 0.3 is 0 Å². The molecule has 0 aliphatic heterocycles. The van der Waals surface area contributed by atoms with Crippen LogP contribution >= 0.6 is 12.4 Å². The first kappa shape index (κ1) is 19.3. The Balaban J connectivity index is 0.00000400. The first-order valence-electron chi connectivity index (χ1n) is 6.66. The molecule has 0 fully saturated rings. The average molecular weight is 316 g/mol. The zero-order chi connectivity index (χ0) is 15.3. The third-order valence-electron chi connectivity index (χ3n) is 3.80. The van der Waals surface area contributed by atoms with Gasteiger partial charge in [0.05, 0.1) is 10.5 Å². The number of hydrogen-bond donors (Lipinski definition) is 2. The van der Waals surface area contributed by atoms with E-state index in [4.69, 9.17) is 5.73 Å². The number of halogens is 1. The molecule has 0 radical (unpaired) electrons. The molecule has 0 bridgehead atoms. The number of benzene rings is 1. The Hall–Kier alpha value is -1.66. The van der Waals surface area contributed by atoms with Crippen molar-refractivity contribution < 1.29 is 9.72 Å². The molecule has 0 aromatic heterocycles. The fourth-order valence-electron chi connectivity index (χ4n) is 2.04. The second kappa shape index (κ2) is 7.95. The van der Waals surface area contributed by atoms with Crippen molar-refractivity contribution in [3.8, 4) is 0 Å². The molecule has 1 aromatic carbocycles. The van der Waals surface area contributed by atoms with Gasteiger partial charge in [-0.05, 0) is 25.3 Å². The van der Waals surface area contributed by atoms with E-state index in [0.717, 1.165) is 0 Å². The molecule has 0 atom stereocenters. The Kier molecular flexibility index (Phi) is 7.32. The number of carbonyl (C=O) groups is 1. The van der Waals surface area contributed by atoms with E-state index in [2.05, 4.69) is 5.32 Å². The standard InChI is InChI=1S/C14H21N3O3.ClH/c1-4-14(5-2,9-15)16-13(18)12-8-11(17(19)20)7-6-10(12)3;/h6-8H,4-5,9,15H2,1-3H3,(H,16,18);1H. The summed E-state index contributed by atoms with van der Waals surface area (Å²) in [5, 5.41) is 13.7. The van der Waals surface area contributed by atoms with Gasteiger partial charge in [0.15, 0.2) is 0 Å². The highest BCUT2D eigenvalue weighted by atomic mass is 35.5. The molecule has 1 aromatic rings. The molecule has 0 unspecified atom stereocenters. The first-order valence-corrected chi connectivity index (χ1v) is 6.66. The number of non-ortho nitro benzene ring substituents is 1. The smallest absolute Gasteiger partial charge is 0.270 e. The van der Waals surface area contributed by atoms with Gasteiger partial charge < -0.3 is 11.1 Å². The van der Waals surface area contributed by atoms with E-state index in [1.165, 1.54) is 12.1 Å². The maximum atomic E-state index is 12.3. The van der Waals surface area contributed by atoms with Gasteiger partial charge in [0, 0.05) is 24.2 Å². The predicted octanol–water partition coefficient (Wildman–Crippen LogP) is 2.57. The van der Waals surface area contributed by atoms with Crippen molar-refractivity contribution in [1.29, 1.82) is 0 Å². The molecule has 1 rings (SSSR count). The summed E-state index contributed by atoms with van der Waals surface area (Å²) in [6, 6.07) is 4.27. The van der Waals surface area contributed by atoms with Crippen molar-refractivity contribution in [2.45, 2.75) is 39.2 Å². The van der Waals surface area contributed by atoms with E-state index >= 15 is 0 Å². The van der Waals surface area contributed by atoms with E-state index in [9.17, 15) is 14.9 Å². The molecule has 0 aliphatic rings. The minimum atomic E-state index is -0.508. The normalized spacial score (nSPS) is 10.7. The topological polar surface area (TPSA) is 98.3 Å². The minimum Gasteiger partial charge on any atom is -0.345 e. The largest absolute Gasteiger partial charge is 0.345 e. The molecule has 7 heteroatoms. The fraction of sp³-hybridized carbons (Fsp3) is 0.500. The Morgan fingerprint density at radius 1 is 1.38 bits per heavy atom. The Labute approximate surface area is 130 Å². The third-order valence-corrected chi connectivity index (χ3v) is 3.80. The molecule has 0 aliphatic carbocycles. The van der Waals surface area contributed by atoms with E-state index in [0.29, 0.717) is 30.5 Å². The predicted molar refractivity (Wildman–Crippen MR) is 84.9 cm³/mol. The number of nitrogens with one attached hydrogen (secondary N) is 1. The molecular formula is C14H22ClN3O3. The summed E-state index contributed by atoms with van der Waals surface area (Å²) >= 11 is 0. The van der Waals surface area contributed by atoms with Crippen LogP contribution in [0.2, 0.25) is 0 Å². The molecule has 3 N–H and O–H groups in total. The molecule has 0 saturated carbocycles. The zero-order valence-electron chi connectivity index (χ0n) is 12.5. The van der Waals surface area contributed by atoms with Crippen molar-refractivity contribution >= 4 is 24.0 Å². The molecule has 1 amide bonds. The Morgan fingerprint density at radius 3 is 2.38 bits per heavy atom. The number of nitrogens with zero attached hydrogens (tertiary/aromatic N) is 1. The van der Waals surface area contributed by atoms with Crippen LogP contribution in [-0.2, 0) is 0 Å². The van der Waals surface area contributed by atoms with Gasteiger partial charge in [-0.2, -0.15) is 0 Å². The number of hydrogen-bond acceptors (Lipinski definition) is 4. The van der Waals surface area contributed by atoms with Crippen molar-refractivity contribution in [2.24, 2.45) is 5.73 Å². The van der Waals surface area contributed by atoms with Crippen LogP contribution in [-0.4, -0.2) is 22.9 Å². The lowest BCUT2D eigenvalue weighted by molar-refractivity contribution is -0.384. The van der Waals surface area contributed by atoms with E-state index in [-0.39, 0.29) is 24.0 Å².